The zero-order valence-electron chi connectivity index (χ0n) is 9.81. The molecule has 1 aliphatic rings. The van der Waals surface area contributed by atoms with Gasteiger partial charge in [-0.1, -0.05) is 24.3 Å². The molecule has 7 heteroatoms. The predicted octanol–water partition coefficient (Wildman–Crippen LogP) is 2.11. The van der Waals surface area contributed by atoms with E-state index < -0.39 is 21.6 Å². The van der Waals surface area contributed by atoms with Crippen molar-refractivity contribution in [2.75, 3.05) is 5.75 Å². The molecule has 104 valence electrons. The average Bonchev–Trinajstić information content (AvgIpc) is 2.66. The van der Waals surface area contributed by atoms with Gasteiger partial charge in [-0.3, -0.25) is 0 Å². The number of benzene rings is 1. The summed E-state index contributed by atoms with van der Waals surface area (Å²) in [6, 6.07) is 4.61. The number of alkyl halides is 3. The molecule has 1 N–H and O–H groups in total. The number of rotatable bonds is 3. The van der Waals surface area contributed by atoms with E-state index in [0.717, 1.165) is 17.5 Å². The van der Waals surface area contributed by atoms with Crippen molar-refractivity contribution in [1.82, 2.24) is 5.32 Å². The van der Waals surface area contributed by atoms with E-state index in [9.17, 15) is 21.6 Å². The molecule has 0 radical (unpaired) electrons. The molecule has 0 saturated carbocycles. The lowest BCUT2D eigenvalue weighted by molar-refractivity contribution is -0.137. The van der Waals surface area contributed by atoms with Gasteiger partial charge in [0.25, 0.3) is 0 Å². The Bertz CT molecular complexity index is 593. The van der Waals surface area contributed by atoms with Gasteiger partial charge in [0, 0.05) is 18.0 Å². The van der Waals surface area contributed by atoms with Crippen LogP contribution in [0.1, 0.15) is 11.1 Å². The second kappa shape index (κ2) is 4.97. The van der Waals surface area contributed by atoms with Crippen molar-refractivity contribution in [3.05, 3.63) is 46.9 Å². The molecule has 1 atom stereocenters. The third kappa shape index (κ3) is 3.81. The molecule has 2 rings (SSSR count). The van der Waals surface area contributed by atoms with Gasteiger partial charge in [-0.15, -0.1) is 0 Å². The van der Waals surface area contributed by atoms with Crippen molar-refractivity contribution in [3.63, 3.8) is 0 Å². The first-order chi connectivity index (χ1) is 8.76. The Balaban J connectivity index is 1.99. The fraction of sp³-hybridized carbons (Fsp3) is 0.333. The van der Waals surface area contributed by atoms with Crippen molar-refractivity contribution < 1.29 is 21.6 Å². The molecule has 1 aromatic rings. The number of halogens is 3. The van der Waals surface area contributed by atoms with Crippen LogP contribution in [-0.4, -0.2) is 20.2 Å². The minimum absolute atomic E-state index is 0.0496. The highest BCUT2D eigenvalue weighted by atomic mass is 32.2. The standard InChI is InChI=1S/C12H12F3NO2S/c13-12(14,15)10-3-1-2-9(6-10)7-16-11-4-5-19(17,18)8-11/h1-6,11,16H,7-8H2. The van der Waals surface area contributed by atoms with Gasteiger partial charge in [0.2, 0.25) is 0 Å². The third-order valence-corrected chi connectivity index (χ3v) is 4.15. The van der Waals surface area contributed by atoms with Crippen LogP contribution in [0.25, 0.3) is 0 Å². The highest BCUT2D eigenvalue weighted by molar-refractivity contribution is 7.94. The summed E-state index contributed by atoms with van der Waals surface area (Å²) in [5.74, 6) is -0.0496. The molecule has 0 saturated heterocycles. The zero-order chi connectivity index (χ0) is 14.1. The summed E-state index contributed by atoms with van der Waals surface area (Å²) in [7, 11) is -3.15. The smallest absolute Gasteiger partial charge is 0.305 e. The van der Waals surface area contributed by atoms with Gasteiger partial charge >= 0.3 is 6.18 Å². The maximum Gasteiger partial charge on any atom is 0.416 e. The van der Waals surface area contributed by atoms with Crippen LogP contribution in [-0.2, 0) is 22.6 Å². The molecule has 1 aromatic carbocycles. The summed E-state index contributed by atoms with van der Waals surface area (Å²) >= 11 is 0. The van der Waals surface area contributed by atoms with E-state index >= 15 is 0 Å². The Kier molecular flexibility index (Phi) is 3.69. The lowest BCUT2D eigenvalue weighted by Crippen LogP contribution is -2.29. The van der Waals surface area contributed by atoms with Crippen LogP contribution in [0.4, 0.5) is 13.2 Å². The Morgan fingerprint density at radius 1 is 1.32 bits per heavy atom. The molecule has 0 amide bonds. The molecule has 0 fully saturated rings. The molecule has 3 nitrogen and oxygen atoms in total. The second-order valence-corrected chi connectivity index (χ2v) is 6.27. The molecule has 0 spiro atoms. The maximum absolute atomic E-state index is 12.5. The minimum Gasteiger partial charge on any atom is -0.305 e. The Morgan fingerprint density at radius 2 is 2.05 bits per heavy atom. The van der Waals surface area contributed by atoms with E-state index in [-0.39, 0.29) is 18.3 Å². The van der Waals surface area contributed by atoms with Crippen LogP contribution < -0.4 is 5.32 Å². The third-order valence-electron chi connectivity index (χ3n) is 2.75. The van der Waals surface area contributed by atoms with Crippen LogP contribution in [0.2, 0.25) is 0 Å². The van der Waals surface area contributed by atoms with Crippen LogP contribution in [0.5, 0.6) is 0 Å². The first-order valence-corrected chi connectivity index (χ1v) is 7.28. The summed E-state index contributed by atoms with van der Waals surface area (Å²) in [6.45, 7) is 0.189. The van der Waals surface area contributed by atoms with Gasteiger partial charge in [0.05, 0.1) is 11.3 Å². The van der Waals surface area contributed by atoms with Gasteiger partial charge in [0.1, 0.15) is 0 Å². The summed E-state index contributed by atoms with van der Waals surface area (Å²) in [4.78, 5) is 0. The van der Waals surface area contributed by atoms with E-state index in [0.29, 0.717) is 5.56 Å². The molecule has 0 aliphatic carbocycles. The van der Waals surface area contributed by atoms with E-state index in [1.165, 1.54) is 12.1 Å². The first-order valence-electron chi connectivity index (χ1n) is 5.57. The summed E-state index contributed by atoms with van der Waals surface area (Å²) in [5.41, 5.74) is -0.242. The van der Waals surface area contributed by atoms with E-state index in [1.807, 2.05) is 0 Å². The van der Waals surface area contributed by atoms with Crippen LogP contribution in [0.15, 0.2) is 35.7 Å². The van der Waals surface area contributed by atoms with Crippen molar-refractivity contribution in [2.45, 2.75) is 18.8 Å². The summed E-state index contributed by atoms with van der Waals surface area (Å²) in [6.07, 6.45) is -2.87. The van der Waals surface area contributed by atoms with E-state index in [4.69, 9.17) is 0 Å². The Morgan fingerprint density at radius 3 is 2.63 bits per heavy atom. The maximum atomic E-state index is 12.5. The Labute approximate surface area is 109 Å². The molecule has 0 bridgehead atoms. The van der Waals surface area contributed by atoms with Crippen molar-refractivity contribution in [1.29, 1.82) is 0 Å². The van der Waals surface area contributed by atoms with Crippen molar-refractivity contribution >= 4 is 9.84 Å². The second-order valence-electron chi connectivity index (χ2n) is 4.34. The topological polar surface area (TPSA) is 46.2 Å². The fourth-order valence-corrected chi connectivity index (χ4v) is 3.08. The van der Waals surface area contributed by atoms with Gasteiger partial charge in [-0.2, -0.15) is 13.2 Å². The van der Waals surface area contributed by atoms with Gasteiger partial charge in [-0.25, -0.2) is 8.42 Å². The van der Waals surface area contributed by atoms with Crippen LogP contribution in [0, 0.1) is 0 Å². The number of nitrogens with one attached hydrogen (secondary N) is 1. The SMILES string of the molecule is O=S1(=O)C=CC(NCc2cccc(C(F)(F)F)c2)C1. The van der Waals surface area contributed by atoms with E-state index in [2.05, 4.69) is 5.32 Å². The normalized spacial score (nSPS) is 21.7. The zero-order valence-corrected chi connectivity index (χ0v) is 10.6. The lowest BCUT2D eigenvalue weighted by Gasteiger charge is -2.12. The molecule has 1 heterocycles. The average molecular weight is 291 g/mol. The number of sulfone groups is 1. The van der Waals surface area contributed by atoms with Crippen LogP contribution in [0.3, 0.4) is 0 Å². The molecular weight excluding hydrogens is 279 g/mol. The quantitative estimate of drug-likeness (QED) is 0.927. The fourth-order valence-electron chi connectivity index (χ4n) is 1.81. The monoisotopic (exact) mass is 291 g/mol. The minimum atomic E-state index is -4.37. The lowest BCUT2D eigenvalue weighted by atomic mass is 10.1. The van der Waals surface area contributed by atoms with Gasteiger partial charge in [0.15, 0.2) is 9.84 Å². The Hall–Kier alpha value is -1.34. The largest absolute Gasteiger partial charge is 0.416 e. The first kappa shape index (κ1) is 14.1. The molecular formula is C12H12F3NO2S. The summed E-state index contributed by atoms with van der Waals surface area (Å²) in [5, 5.41) is 4.02. The molecule has 1 aliphatic heterocycles. The molecule has 0 aromatic heterocycles. The predicted molar refractivity (Wildman–Crippen MR) is 65.0 cm³/mol. The highest BCUT2D eigenvalue weighted by Crippen LogP contribution is 2.29. The summed E-state index contributed by atoms with van der Waals surface area (Å²) < 4.78 is 59.8. The number of hydrogen-bond acceptors (Lipinski definition) is 3. The molecule has 1 unspecified atom stereocenters. The van der Waals surface area contributed by atoms with E-state index in [1.54, 1.807) is 6.07 Å². The van der Waals surface area contributed by atoms with Crippen molar-refractivity contribution in [2.24, 2.45) is 0 Å². The highest BCUT2D eigenvalue weighted by Gasteiger charge is 2.30. The van der Waals surface area contributed by atoms with Gasteiger partial charge < -0.3 is 5.32 Å². The van der Waals surface area contributed by atoms with Crippen LogP contribution >= 0.6 is 0 Å². The van der Waals surface area contributed by atoms with Gasteiger partial charge in [-0.05, 0) is 11.6 Å². The van der Waals surface area contributed by atoms with Crippen molar-refractivity contribution in [3.8, 4) is 0 Å². The number of hydrogen-bond donors (Lipinski definition) is 1. The molecule has 19 heavy (non-hydrogen) atoms.